The van der Waals surface area contributed by atoms with Crippen LogP contribution in [-0.2, 0) is 4.79 Å². The van der Waals surface area contributed by atoms with Crippen LogP contribution < -0.4 is 11.1 Å². The Morgan fingerprint density at radius 2 is 1.79 bits per heavy atom. The standard InChI is InChI=1S/C22H27N3O2.ClH/c1-16-7-5-6-14-25(16)22(27)18-10-12-19(13-11-18)24-21(26)15-20(23)17-8-3-2-4-9-17;/h2-4,8-13,16,20H,5-7,14-15,23H2,1H3,(H,24,26);1H. The number of carbonyl (C=O) groups is 2. The molecule has 0 bridgehead atoms. The van der Waals surface area contributed by atoms with Crippen molar-refractivity contribution in [1.82, 2.24) is 4.90 Å². The van der Waals surface area contributed by atoms with E-state index in [0.717, 1.165) is 24.9 Å². The number of hydrogen-bond acceptors (Lipinski definition) is 3. The summed E-state index contributed by atoms with van der Waals surface area (Å²) in [7, 11) is 0. The maximum atomic E-state index is 12.7. The number of benzene rings is 2. The number of nitrogens with one attached hydrogen (secondary N) is 1. The van der Waals surface area contributed by atoms with Crippen LogP contribution in [0, 0.1) is 0 Å². The highest BCUT2D eigenvalue weighted by molar-refractivity contribution is 5.96. The van der Waals surface area contributed by atoms with Gasteiger partial charge in [-0.15, -0.1) is 12.4 Å². The molecule has 5 nitrogen and oxygen atoms in total. The van der Waals surface area contributed by atoms with Crippen molar-refractivity contribution in [3.05, 3.63) is 65.7 Å². The fourth-order valence-electron chi connectivity index (χ4n) is 3.49. The Labute approximate surface area is 172 Å². The summed E-state index contributed by atoms with van der Waals surface area (Å²) in [6.07, 6.45) is 3.50. The van der Waals surface area contributed by atoms with E-state index < -0.39 is 0 Å². The van der Waals surface area contributed by atoms with Gasteiger partial charge < -0.3 is 16.0 Å². The number of rotatable bonds is 5. The number of carbonyl (C=O) groups excluding carboxylic acids is 2. The van der Waals surface area contributed by atoms with Gasteiger partial charge >= 0.3 is 0 Å². The molecule has 0 spiro atoms. The van der Waals surface area contributed by atoms with Crippen molar-refractivity contribution in [2.45, 2.75) is 44.7 Å². The largest absolute Gasteiger partial charge is 0.336 e. The summed E-state index contributed by atoms with van der Waals surface area (Å²) in [5, 5.41) is 2.85. The van der Waals surface area contributed by atoms with Crippen molar-refractivity contribution in [1.29, 1.82) is 0 Å². The van der Waals surface area contributed by atoms with Gasteiger partial charge in [0.2, 0.25) is 5.91 Å². The van der Waals surface area contributed by atoms with Gasteiger partial charge in [0.25, 0.3) is 5.91 Å². The van der Waals surface area contributed by atoms with Crippen molar-refractivity contribution < 1.29 is 9.59 Å². The average molecular weight is 402 g/mol. The topological polar surface area (TPSA) is 75.4 Å². The van der Waals surface area contributed by atoms with Gasteiger partial charge in [0, 0.05) is 36.3 Å². The molecule has 1 aliphatic rings. The fraction of sp³-hybridized carbons (Fsp3) is 0.364. The molecule has 3 N–H and O–H groups in total. The van der Waals surface area contributed by atoms with E-state index in [1.807, 2.05) is 35.2 Å². The molecule has 3 rings (SSSR count). The highest BCUT2D eigenvalue weighted by atomic mass is 35.5. The molecule has 28 heavy (non-hydrogen) atoms. The van der Waals surface area contributed by atoms with Crippen molar-refractivity contribution in [2.75, 3.05) is 11.9 Å². The first kappa shape index (κ1) is 21.9. The van der Waals surface area contributed by atoms with Crippen molar-refractivity contribution in [2.24, 2.45) is 5.73 Å². The molecule has 1 fully saturated rings. The molecule has 0 saturated carbocycles. The summed E-state index contributed by atoms with van der Waals surface area (Å²) in [4.78, 5) is 26.8. The van der Waals surface area contributed by atoms with Crippen LogP contribution in [0.5, 0.6) is 0 Å². The quantitative estimate of drug-likeness (QED) is 0.790. The minimum atomic E-state index is -0.340. The summed E-state index contributed by atoms with van der Waals surface area (Å²) in [5.41, 5.74) is 8.36. The number of hydrogen-bond donors (Lipinski definition) is 2. The van der Waals surface area contributed by atoms with Crippen LogP contribution in [0.3, 0.4) is 0 Å². The van der Waals surface area contributed by atoms with Crippen LogP contribution in [0.1, 0.15) is 54.6 Å². The molecular weight excluding hydrogens is 374 g/mol. The molecule has 2 aromatic carbocycles. The summed E-state index contributed by atoms with van der Waals surface area (Å²) in [6, 6.07) is 16.6. The Kier molecular flexibility index (Phi) is 8.03. The van der Waals surface area contributed by atoms with Crippen molar-refractivity contribution in [3.8, 4) is 0 Å². The van der Waals surface area contributed by atoms with E-state index >= 15 is 0 Å². The SMILES string of the molecule is CC1CCCCN1C(=O)c1ccc(NC(=O)CC(N)c2ccccc2)cc1.Cl. The lowest BCUT2D eigenvalue weighted by Crippen LogP contribution is -2.42. The zero-order chi connectivity index (χ0) is 19.2. The average Bonchev–Trinajstić information content (AvgIpc) is 2.69. The Hall–Kier alpha value is -2.37. The Morgan fingerprint density at radius 1 is 1.11 bits per heavy atom. The Balaban J connectivity index is 0.00000280. The van der Waals surface area contributed by atoms with Crippen LogP contribution in [0.4, 0.5) is 5.69 Å². The van der Waals surface area contributed by atoms with Gasteiger partial charge in [-0.2, -0.15) is 0 Å². The molecule has 1 aliphatic heterocycles. The van der Waals surface area contributed by atoms with Gasteiger partial charge in [-0.1, -0.05) is 30.3 Å². The van der Waals surface area contributed by atoms with E-state index in [4.69, 9.17) is 5.73 Å². The molecule has 2 unspecified atom stereocenters. The van der Waals surface area contributed by atoms with Gasteiger partial charge in [0.15, 0.2) is 0 Å². The van der Waals surface area contributed by atoms with Crippen LogP contribution in [0.2, 0.25) is 0 Å². The fourth-order valence-corrected chi connectivity index (χ4v) is 3.49. The molecular formula is C22H28ClN3O2. The number of piperidine rings is 1. The maximum absolute atomic E-state index is 12.7. The second-order valence-corrected chi connectivity index (χ2v) is 7.19. The molecule has 0 aliphatic carbocycles. The second-order valence-electron chi connectivity index (χ2n) is 7.19. The monoisotopic (exact) mass is 401 g/mol. The molecule has 1 saturated heterocycles. The van der Waals surface area contributed by atoms with Crippen LogP contribution in [0.25, 0.3) is 0 Å². The lowest BCUT2D eigenvalue weighted by molar-refractivity contribution is -0.116. The lowest BCUT2D eigenvalue weighted by Gasteiger charge is -2.33. The van der Waals surface area contributed by atoms with Gasteiger partial charge in [0.05, 0.1) is 0 Å². The first-order valence-electron chi connectivity index (χ1n) is 9.56. The first-order valence-corrected chi connectivity index (χ1v) is 9.56. The van der Waals surface area contributed by atoms with E-state index in [9.17, 15) is 9.59 Å². The molecule has 2 atom stereocenters. The lowest BCUT2D eigenvalue weighted by atomic mass is 10.0. The molecule has 0 aromatic heterocycles. The number of nitrogens with zero attached hydrogens (tertiary/aromatic N) is 1. The smallest absolute Gasteiger partial charge is 0.254 e. The van der Waals surface area contributed by atoms with Gasteiger partial charge in [-0.05, 0) is 56.0 Å². The van der Waals surface area contributed by atoms with E-state index in [2.05, 4.69) is 12.2 Å². The summed E-state index contributed by atoms with van der Waals surface area (Å²) in [6.45, 7) is 2.91. The van der Waals surface area contributed by atoms with Gasteiger partial charge in [-0.25, -0.2) is 0 Å². The summed E-state index contributed by atoms with van der Waals surface area (Å²) >= 11 is 0. The zero-order valence-electron chi connectivity index (χ0n) is 16.1. The Morgan fingerprint density at radius 3 is 2.43 bits per heavy atom. The van der Waals surface area contributed by atoms with Crippen molar-refractivity contribution in [3.63, 3.8) is 0 Å². The van der Waals surface area contributed by atoms with E-state index in [0.29, 0.717) is 11.3 Å². The number of amides is 2. The summed E-state index contributed by atoms with van der Waals surface area (Å²) < 4.78 is 0. The molecule has 0 radical (unpaired) electrons. The minimum absolute atomic E-state index is 0. The normalized spacial score (nSPS) is 17.4. The molecule has 2 amide bonds. The first-order chi connectivity index (χ1) is 13.0. The number of anilines is 1. The zero-order valence-corrected chi connectivity index (χ0v) is 17.0. The van der Waals surface area contributed by atoms with E-state index in [1.165, 1.54) is 6.42 Å². The maximum Gasteiger partial charge on any atom is 0.254 e. The third kappa shape index (κ3) is 5.57. The highest BCUT2D eigenvalue weighted by Crippen LogP contribution is 2.20. The Bertz CT molecular complexity index is 780. The third-order valence-corrected chi connectivity index (χ3v) is 5.11. The molecule has 1 heterocycles. The van der Waals surface area contributed by atoms with Crippen molar-refractivity contribution >= 4 is 29.9 Å². The third-order valence-electron chi connectivity index (χ3n) is 5.11. The molecule has 150 valence electrons. The highest BCUT2D eigenvalue weighted by Gasteiger charge is 2.24. The van der Waals surface area contributed by atoms with E-state index in [-0.39, 0.29) is 42.7 Å². The minimum Gasteiger partial charge on any atom is -0.336 e. The number of halogens is 1. The predicted molar refractivity (Wildman–Crippen MR) is 115 cm³/mol. The molecule has 2 aromatic rings. The van der Waals surface area contributed by atoms with Gasteiger partial charge in [0.1, 0.15) is 0 Å². The van der Waals surface area contributed by atoms with Crippen LogP contribution in [0.15, 0.2) is 54.6 Å². The summed E-state index contributed by atoms with van der Waals surface area (Å²) in [5.74, 6) is -0.0822. The van der Waals surface area contributed by atoms with Gasteiger partial charge in [-0.3, -0.25) is 9.59 Å². The number of likely N-dealkylation sites (tertiary alicyclic amines) is 1. The number of nitrogens with two attached hydrogens (primary N) is 1. The second kappa shape index (κ2) is 10.2. The molecule has 6 heteroatoms. The van der Waals surface area contributed by atoms with Crippen LogP contribution >= 0.6 is 12.4 Å². The van der Waals surface area contributed by atoms with E-state index in [1.54, 1.807) is 24.3 Å². The van der Waals surface area contributed by atoms with Crippen LogP contribution in [-0.4, -0.2) is 29.3 Å². The predicted octanol–water partition coefficient (Wildman–Crippen LogP) is 4.15.